The number of carboxylic acid groups (broad SMARTS) is 1. The van der Waals surface area contributed by atoms with Gasteiger partial charge in [-0.3, -0.25) is 4.79 Å². The van der Waals surface area contributed by atoms with Gasteiger partial charge in [0.2, 0.25) is 17.6 Å². The zero-order valence-electron chi connectivity index (χ0n) is 12.8. The van der Waals surface area contributed by atoms with Crippen molar-refractivity contribution in [3.05, 3.63) is 35.5 Å². The number of hydrogen-bond acceptors (Lipinski definition) is 5. The van der Waals surface area contributed by atoms with Gasteiger partial charge < -0.3 is 14.9 Å². The molecule has 0 radical (unpaired) electrons. The molecule has 2 aromatic rings. The third-order valence-electron chi connectivity index (χ3n) is 3.24. The molecular weight excluding hydrogens is 324 g/mol. The number of benzene rings is 1. The summed E-state index contributed by atoms with van der Waals surface area (Å²) in [5.74, 6) is -2.02. The van der Waals surface area contributed by atoms with Gasteiger partial charge in [0, 0.05) is 18.4 Å². The molecule has 1 amide bonds. The second-order valence-electron chi connectivity index (χ2n) is 5.09. The lowest BCUT2D eigenvalue weighted by atomic mass is 10.1. The topological polar surface area (TPSA) is 105 Å². The molecule has 24 heavy (non-hydrogen) atoms. The summed E-state index contributed by atoms with van der Waals surface area (Å²) < 4.78 is 30.7. The van der Waals surface area contributed by atoms with Crippen LogP contribution < -0.4 is 5.32 Å². The van der Waals surface area contributed by atoms with Crippen LogP contribution in [0.15, 0.2) is 22.7 Å². The predicted octanol–water partition coefficient (Wildman–Crippen LogP) is 1.66. The van der Waals surface area contributed by atoms with E-state index in [0.29, 0.717) is 11.1 Å². The molecule has 1 aromatic heterocycles. The molecule has 2 rings (SSSR count). The first-order valence-electron chi connectivity index (χ1n) is 7.08. The molecule has 128 valence electrons. The molecule has 0 bridgehead atoms. The molecule has 0 saturated carbocycles. The molecular formula is C15H15F2N3O4. The number of hydrogen-bond donors (Lipinski definition) is 2. The standard InChI is InChI=1S/C15H15F2N3O4/c1-8-6-9(2-3-10(8)17)14-19-13(24-20-14)5-4-12(21)18-11(7-16)15(22)23/h2-3,6,11H,4-5,7H2,1H3,(H,18,21)(H,22,23). The lowest BCUT2D eigenvalue weighted by molar-refractivity contribution is -0.142. The van der Waals surface area contributed by atoms with E-state index < -0.39 is 24.6 Å². The number of carbonyl (C=O) groups is 2. The van der Waals surface area contributed by atoms with Gasteiger partial charge >= 0.3 is 5.97 Å². The molecule has 9 heteroatoms. The van der Waals surface area contributed by atoms with Gasteiger partial charge in [-0.15, -0.1) is 0 Å². The Labute approximate surface area is 135 Å². The van der Waals surface area contributed by atoms with Gasteiger partial charge in [-0.1, -0.05) is 5.16 Å². The number of rotatable bonds is 7. The minimum atomic E-state index is -1.57. The van der Waals surface area contributed by atoms with Crippen LogP contribution in [-0.4, -0.2) is 39.8 Å². The van der Waals surface area contributed by atoms with Gasteiger partial charge in [-0.05, 0) is 30.7 Å². The fraction of sp³-hybridized carbons (Fsp3) is 0.333. The Morgan fingerprint density at radius 1 is 1.42 bits per heavy atom. The smallest absolute Gasteiger partial charge is 0.328 e. The van der Waals surface area contributed by atoms with E-state index >= 15 is 0 Å². The van der Waals surface area contributed by atoms with Crippen molar-refractivity contribution in [2.24, 2.45) is 0 Å². The van der Waals surface area contributed by atoms with Crippen LogP contribution in [0.2, 0.25) is 0 Å². The normalized spacial score (nSPS) is 12.0. The second kappa shape index (κ2) is 7.62. The van der Waals surface area contributed by atoms with E-state index in [1.807, 2.05) is 5.32 Å². The maximum absolute atomic E-state index is 13.2. The van der Waals surface area contributed by atoms with Crippen molar-refractivity contribution in [2.45, 2.75) is 25.8 Å². The van der Waals surface area contributed by atoms with E-state index in [2.05, 4.69) is 10.1 Å². The van der Waals surface area contributed by atoms with Gasteiger partial charge in [0.05, 0.1) is 0 Å². The molecule has 1 aromatic carbocycles. The number of aromatic nitrogens is 2. The van der Waals surface area contributed by atoms with Crippen LogP contribution in [0.1, 0.15) is 17.9 Å². The second-order valence-corrected chi connectivity index (χ2v) is 5.09. The Bertz CT molecular complexity index is 748. The average Bonchev–Trinajstić information content (AvgIpc) is 3.02. The SMILES string of the molecule is Cc1cc(-c2noc(CCC(=O)NC(CF)C(=O)O)n2)ccc1F. The summed E-state index contributed by atoms with van der Waals surface area (Å²) >= 11 is 0. The third kappa shape index (κ3) is 4.34. The maximum atomic E-state index is 13.2. The molecule has 0 aliphatic rings. The Morgan fingerprint density at radius 3 is 2.79 bits per heavy atom. The number of nitrogens with zero attached hydrogens (tertiary/aromatic N) is 2. The first-order valence-corrected chi connectivity index (χ1v) is 7.08. The van der Waals surface area contributed by atoms with Crippen molar-refractivity contribution in [3.63, 3.8) is 0 Å². The molecule has 1 heterocycles. The summed E-state index contributed by atoms with van der Waals surface area (Å²) in [5, 5.41) is 14.4. The van der Waals surface area contributed by atoms with Crippen molar-refractivity contribution in [1.29, 1.82) is 0 Å². The van der Waals surface area contributed by atoms with E-state index in [-0.39, 0.29) is 30.4 Å². The van der Waals surface area contributed by atoms with Gasteiger partial charge in [-0.2, -0.15) is 4.98 Å². The number of halogens is 2. The average molecular weight is 339 g/mol. The number of amides is 1. The van der Waals surface area contributed by atoms with Crippen LogP contribution in [0, 0.1) is 12.7 Å². The Morgan fingerprint density at radius 2 is 2.17 bits per heavy atom. The van der Waals surface area contributed by atoms with E-state index in [4.69, 9.17) is 9.63 Å². The quantitative estimate of drug-likeness (QED) is 0.795. The number of carboxylic acids is 1. The van der Waals surface area contributed by atoms with Crippen LogP contribution in [0.25, 0.3) is 11.4 Å². The lowest BCUT2D eigenvalue weighted by Gasteiger charge is -2.09. The fourth-order valence-electron chi connectivity index (χ4n) is 1.91. The Balaban J connectivity index is 1.95. The Kier molecular flexibility index (Phi) is 5.56. The van der Waals surface area contributed by atoms with Crippen LogP contribution in [0.4, 0.5) is 8.78 Å². The summed E-state index contributed by atoms with van der Waals surface area (Å²) in [5.41, 5.74) is 1.00. The molecule has 0 spiro atoms. The molecule has 0 aliphatic carbocycles. The van der Waals surface area contributed by atoms with Crippen LogP contribution in [0.5, 0.6) is 0 Å². The van der Waals surface area contributed by atoms with Gasteiger partial charge in [0.1, 0.15) is 12.5 Å². The number of nitrogens with one attached hydrogen (secondary N) is 1. The summed E-state index contributed by atoms with van der Waals surface area (Å²) in [6, 6.07) is 2.78. The molecule has 1 unspecified atom stereocenters. The highest BCUT2D eigenvalue weighted by Gasteiger charge is 2.20. The number of alkyl halides is 1. The van der Waals surface area contributed by atoms with Gasteiger partial charge in [-0.25, -0.2) is 13.6 Å². The van der Waals surface area contributed by atoms with Gasteiger partial charge in [0.15, 0.2) is 6.04 Å². The number of carbonyl (C=O) groups excluding carboxylic acids is 1. The zero-order valence-corrected chi connectivity index (χ0v) is 12.8. The van der Waals surface area contributed by atoms with Crippen LogP contribution in [-0.2, 0) is 16.0 Å². The van der Waals surface area contributed by atoms with E-state index in [9.17, 15) is 18.4 Å². The summed E-state index contributed by atoms with van der Waals surface area (Å²) in [4.78, 5) is 26.3. The molecule has 2 N–H and O–H groups in total. The van der Waals surface area contributed by atoms with Crippen LogP contribution in [0.3, 0.4) is 0 Å². The van der Waals surface area contributed by atoms with Crippen LogP contribution >= 0.6 is 0 Å². The minimum Gasteiger partial charge on any atom is -0.480 e. The van der Waals surface area contributed by atoms with Crippen molar-refractivity contribution in [3.8, 4) is 11.4 Å². The molecule has 0 aliphatic heterocycles. The summed E-state index contributed by atoms with van der Waals surface area (Å²) in [7, 11) is 0. The van der Waals surface area contributed by atoms with Crippen molar-refractivity contribution in [1.82, 2.24) is 15.5 Å². The maximum Gasteiger partial charge on any atom is 0.328 e. The first-order chi connectivity index (χ1) is 11.4. The molecule has 0 saturated heterocycles. The minimum absolute atomic E-state index is 0.0671. The van der Waals surface area contributed by atoms with Crippen molar-refractivity contribution < 1.29 is 28.0 Å². The fourth-order valence-corrected chi connectivity index (χ4v) is 1.91. The number of aliphatic carboxylic acids is 1. The largest absolute Gasteiger partial charge is 0.480 e. The van der Waals surface area contributed by atoms with Crippen molar-refractivity contribution >= 4 is 11.9 Å². The first kappa shape index (κ1) is 17.5. The monoisotopic (exact) mass is 339 g/mol. The highest BCUT2D eigenvalue weighted by Crippen LogP contribution is 2.19. The predicted molar refractivity (Wildman–Crippen MR) is 78.3 cm³/mol. The summed E-state index contributed by atoms with van der Waals surface area (Å²) in [6.45, 7) is 0.406. The number of aryl methyl sites for hydroxylation is 2. The van der Waals surface area contributed by atoms with Gasteiger partial charge in [0.25, 0.3) is 0 Å². The highest BCUT2D eigenvalue weighted by molar-refractivity contribution is 5.83. The molecule has 1 atom stereocenters. The van der Waals surface area contributed by atoms with E-state index in [1.54, 1.807) is 13.0 Å². The Hall–Kier alpha value is -2.84. The lowest BCUT2D eigenvalue weighted by Crippen LogP contribution is -2.42. The van der Waals surface area contributed by atoms with E-state index in [0.717, 1.165) is 0 Å². The zero-order chi connectivity index (χ0) is 17.7. The molecule has 0 fully saturated rings. The third-order valence-corrected chi connectivity index (χ3v) is 3.24. The summed E-state index contributed by atoms with van der Waals surface area (Å²) in [6.07, 6.45) is -0.0640. The van der Waals surface area contributed by atoms with Crippen molar-refractivity contribution in [2.75, 3.05) is 6.67 Å². The highest BCUT2D eigenvalue weighted by atomic mass is 19.1. The molecule has 7 nitrogen and oxygen atoms in total. The van der Waals surface area contributed by atoms with E-state index in [1.165, 1.54) is 12.1 Å².